The maximum absolute atomic E-state index is 13.4. The summed E-state index contributed by atoms with van der Waals surface area (Å²) in [5.41, 5.74) is 3.50. The van der Waals surface area contributed by atoms with Gasteiger partial charge in [0.15, 0.2) is 0 Å². The Bertz CT molecular complexity index is 1530. The fourth-order valence-corrected chi connectivity index (χ4v) is 5.07. The Hall–Kier alpha value is -3.87. The van der Waals surface area contributed by atoms with Crippen molar-refractivity contribution in [2.75, 3.05) is 6.54 Å². The normalized spacial score (nSPS) is 11.2. The molecule has 0 saturated carbocycles. The molecule has 172 valence electrons. The Labute approximate surface area is 200 Å². The van der Waals surface area contributed by atoms with Crippen molar-refractivity contribution in [1.82, 2.24) is 15.0 Å². The van der Waals surface area contributed by atoms with Crippen LogP contribution >= 0.6 is 11.6 Å². The van der Waals surface area contributed by atoms with Gasteiger partial charge in [0.1, 0.15) is 10.7 Å². The highest BCUT2D eigenvalue weighted by atomic mass is 35.5. The number of amides is 2. The number of nitrogens with one attached hydrogen (secondary N) is 3. The van der Waals surface area contributed by atoms with Crippen LogP contribution in [0.4, 0.5) is 9.18 Å². The topological polar surface area (TPSA) is 115 Å². The monoisotopic (exact) mass is 496 g/mol. The first kappa shape index (κ1) is 23.3. The summed E-state index contributed by atoms with van der Waals surface area (Å²) < 4.78 is 40.3. The number of carbonyl (C=O) groups is 1. The van der Waals surface area contributed by atoms with Crippen LogP contribution in [0.2, 0.25) is 5.02 Å². The predicted molar refractivity (Wildman–Crippen MR) is 127 cm³/mol. The van der Waals surface area contributed by atoms with Gasteiger partial charge in [0.25, 0.3) is 10.0 Å². The zero-order chi connectivity index (χ0) is 24.3. The number of nitrogens with zero attached hydrogens (tertiary/aromatic N) is 1. The molecular formula is C24H18ClFN4O3S. The minimum Gasteiger partial charge on any atom is -0.354 e. The highest BCUT2D eigenvalue weighted by Crippen LogP contribution is 2.31. The number of fused-ring (bicyclic) bond motifs is 1. The van der Waals surface area contributed by atoms with E-state index in [0.29, 0.717) is 12.0 Å². The molecule has 1 aromatic heterocycles. The molecule has 3 aromatic carbocycles. The Morgan fingerprint density at radius 3 is 2.53 bits per heavy atom. The molecule has 10 heteroatoms. The highest BCUT2D eigenvalue weighted by Gasteiger charge is 2.20. The second-order valence-corrected chi connectivity index (χ2v) is 9.46. The van der Waals surface area contributed by atoms with Gasteiger partial charge in [-0.25, -0.2) is 22.3 Å². The smallest absolute Gasteiger partial charge is 0.328 e. The van der Waals surface area contributed by atoms with Crippen molar-refractivity contribution in [2.45, 2.75) is 11.3 Å². The lowest BCUT2D eigenvalue weighted by atomic mass is 10.0. The standard InChI is InChI=1S/C24H18ClFN4O3S/c25-20-3-1-2-4-22(20)34(32,33)30-24(31)28-12-11-18-19-13-15(14-27)5-10-21(19)29-23(18)16-6-8-17(26)9-7-16/h1-10,13,29H,11-12H2,(H2,28,30,31). The SMILES string of the molecule is N#Cc1ccc2[nH]c(-c3ccc(F)cc3)c(CCNC(=O)NS(=O)(=O)c3ccccc3Cl)c2c1. The van der Waals surface area contributed by atoms with Crippen LogP contribution in [0.15, 0.2) is 71.6 Å². The molecule has 0 fully saturated rings. The van der Waals surface area contributed by atoms with Gasteiger partial charge in [-0.2, -0.15) is 5.26 Å². The van der Waals surface area contributed by atoms with Crippen LogP contribution in [0.5, 0.6) is 0 Å². The maximum atomic E-state index is 13.4. The average Bonchev–Trinajstić information content (AvgIpc) is 3.17. The summed E-state index contributed by atoms with van der Waals surface area (Å²) >= 11 is 5.93. The van der Waals surface area contributed by atoms with E-state index in [2.05, 4.69) is 16.4 Å². The van der Waals surface area contributed by atoms with Gasteiger partial charge < -0.3 is 10.3 Å². The van der Waals surface area contributed by atoms with Crippen molar-refractivity contribution in [3.63, 3.8) is 0 Å². The van der Waals surface area contributed by atoms with Gasteiger partial charge in [0.05, 0.1) is 16.7 Å². The van der Waals surface area contributed by atoms with E-state index in [-0.39, 0.29) is 22.3 Å². The third-order valence-corrected chi connectivity index (χ3v) is 7.01. The van der Waals surface area contributed by atoms with Crippen LogP contribution in [0.25, 0.3) is 22.2 Å². The molecule has 0 aliphatic rings. The van der Waals surface area contributed by atoms with Crippen molar-refractivity contribution < 1.29 is 17.6 Å². The van der Waals surface area contributed by atoms with Crippen LogP contribution in [0.1, 0.15) is 11.1 Å². The summed E-state index contributed by atoms with van der Waals surface area (Å²) in [7, 11) is -4.15. The Kier molecular flexibility index (Phi) is 6.54. The van der Waals surface area contributed by atoms with Gasteiger partial charge >= 0.3 is 6.03 Å². The van der Waals surface area contributed by atoms with Crippen LogP contribution < -0.4 is 10.0 Å². The molecule has 4 aromatic rings. The number of nitriles is 1. The van der Waals surface area contributed by atoms with E-state index in [1.807, 2.05) is 4.72 Å². The molecule has 1 heterocycles. The van der Waals surface area contributed by atoms with Crippen molar-refractivity contribution in [1.29, 1.82) is 5.26 Å². The first-order valence-electron chi connectivity index (χ1n) is 10.1. The largest absolute Gasteiger partial charge is 0.354 e. The van der Waals surface area contributed by atoms with Crippen LogP contribution in [0, 0.1) is 17.1 Å². The number of hydrogen-bond donors (Lipinski definition) is 3. The predicted octanol–water partition coefficient (Wildman–Crippen LogP) is 4.73. The first-order valence-corrected chi connectivity index (χ1v) is 12.0. The number of benzene rings is 3. The number of carbonyl (C=O) groups excluding carboxylic acids is 1. The Morgan fingerprint density at radius 1 is 1.09 bits per heavy atom. The number of aromatic nitrogens is 1. The maximum Gasteiger partial charge on any atom is 0.328 e. The van der Waals surface area contributed by atoms with Crippen molar-refractivity contribution >= 4 is 38.6 Å². The minimum absolute atomic E-state index is 0.00108. The van der Waals surface area contributed by atoms with Crippen molar-refractivity contribution in [2.24, 2.45) is 0 Å². The van der Waals surface area contributed by atoms with Gasteiger partial charge in [-0.15, -0.1) is 0 Å². The molecule has 34 heavy (non-hydrogen) atoms. The quantitative estimate of drug-likeness (QED) is 0.358. The van der Waals surface area contributed by atoms with Crippen molar-refractivity contribution in [3.05, 3.63) is 88.7 Å². The molecule has 0 aliphatic heterocycles. The van der Waals surface area contributed by atoms with E-state index in [1.54, 1.807) is 36.4 Å². The van der Waals surface area contributed by atoms with Gasteiger partial charge in [-0.05, 0) is 72.1 Å². The zero-order valence-electron chi connectivity index (χ0n) is 17.6. The number of halogens is 2. The summed E-state index contributed by atoms with van der Waals surface area (Å²) in [5.74, 6) is -0.369. The van der Waals surface area contributed by atoms with E-state index in [1.165, 1.54) is 30.3 Å². The molecule has 2 amide bonds. The number of H-pyrrole nitrogens is 1. The lowest BCUT2D eigenvalue weighted by Crippen LogP contribution is -2.40. The molecule has 4 rings (SSSR count). The third kappa shape index (κ3) is 4.88. The van der Waals surface area contributed by atoms with Crippen molar-refractivity contribution in [3.8, 4) is 17.3 Å². The summed E-state index contributed by atoms with van der Waals surface area (Å²) in [6, 6.07) is 18.1. The summed E-state index contributed by atoms with van der Waals surface area (Å²) in [6.45, 7) is 0.0990. The minimum atomic E-state index is -4.15. The Balaban J connectivity index is 1.55. The average molecular weight is 497 g/mol. The summed E-state index contributed by atoms with van der Waals surface area (Å²) in [6.07, 6.45) is 0.321. The van der Waals surface area contributed by atoms with Crippen LogP contribution in [-0.2, 0) is 16.4 Å². The third-order valence-electron chi connectivity index (χ3n) is 5.18. The highest BCUT2D eigenvalue weighted by molar-refractivity contribution is 7.90. The van der Waals surface area contributed by atoms with Gasteiger partial charge in [-0.1, -0.05) is 23.7 Å². The van der Waals surface area contributed by atoms with Gasteiger partial charge in [0, 0.05) is 23.1 Å². The lowest BCUT2D eigenvalue weighted by molar-refractivity contribution is 0.246. The molecule has 3 N–H and O–H groups in total. The number of urea groups is 1. The molecule has 0 radical (unpaired) electrons. The number of rotatable bonds is 6. The molecule has 0 spiro atoms. The fourth-order valence-electron chi connectivity index (χ4n) is 3.62. The number of hydrogen-bond acceptors (Lipinski definition) is 4. The summed E-state index contributed by atoms with van der Waals surface area (Å²) in [5, 5.41) is 12.6. The fraction of sp³-hybridized carbons (Fsp3) is 0.0833. The first-order chi connectivity index (χ1) is 16.3. The van der Waals surface area contributed by atoms with E-state index in [0.717, 1.165) is 27.7 Å². The molecule has 0 unspecified atom stereocenters. The molecule has 0 atom stereocenters. The molecular weight excluding hydrogens is 479 g/mol. The second-order valence-electron chi connectivity index (χ2n) is 7.40. The molecule has 0 aliphatic carbocycles. The second kappa shape index (κ2) is 9.55. The number of aromatic amines is 1. The van der Waals surface area contributed by atoms with Crippen LogP contribution in [0.3, 0.4) is 0 Å². The summed E-state index contributed by atoms with van der Waals surface area (Å²) in [4.78, 5) is 15.4. The lowest BCUT2D eigenvalue weighted by Gasteiger charge is -2.10. The van der Waals surface area contributed by atoms with Gasteiger partial charge in [-0.3, -0.25) is 0 Å². The van der Waals surface area contributed by atoms with E-state index < -0.39 is 16.1 Å². The Morgan fingerprint density at radius 2 is 1.82 bits per heavy atom. The zero-order valence-corrected chi connectivity index (χ0v) is 19.2. The van der Waals surface area contributed by atoms with E-state index in [4.69, 9.17) is 11.6 Å². The van der Waals surface area contributed by atoms with Crippen LogP contribution in [-0.4, -0.2) is 26.0 Å². The van der Waals surface area contributed by atoms with Gasteiger partial charge in [0.2, 0.25) is 0 Å². The molecule has 7 nitrogen and oxygen atoms in total. The van der Waals surface area contributed by atoms with E-state index in [9.17, 15) is 22.9 Å². The number of sulfonamides is 1. The van der Waals surface area contributed by atoms with E-state index >= 15 is 0 Å². The molecule has 0 bridgehead atoms. The molecule has 0 saturated heterocycles.